The van der Waals surface area contributed by atoms with Crippen molar-refractivity contribution < 1.29 is 18.5 Å². The molecule has 1 saturated heterocycles. The molecule has 3 aromatic rings. The van der Waals surface area contributed by atoms with Crippen molar-refractivity contribution in [2.45, 2.75) is 12.1 Å². The lowest BCUT2D eigenvalue weighted by atomic mass is 10.1. The fraction of sp³-hybridized carbons (Fsp3) is 0.190. The van der Waals surface area contributed by atoms with Gasteiger partial charge in [0, 0.05) is 27.1 Å². The summed E-state index contributed by atoms with van der Waals surface area (Å²) in [5.41, 5.74) is 0.0345. The van der Waals surface area contributed by atoms with E-state index in [-0.39, 0.29) is 22.8 Å². The summed E-state index contributed by atoms with van der Waals surface area (Å²) < 4.78 is 26.4. The molecule has 0 unspecified atom stereocenters. The first-order valence-corrected chi connectivity index (χ1v) is 11.2. The predicted molar refractivity (Wildman–Crippen MR) is 115 cm³/mol. The van der Waals surface area contributed by atoms with E-state index in [2.05, 4.69) is 10.4 Å². The van der Waals surface area contributed by atoms with Gasteiger partial charge in [0.15, 0.2) is 0 Å². The maximum absolute atomic E-state index is 13.8. The summed E-state index contributed by atoms with van der Waals surface area (Å²) in [6.45, 7) is 0. The van der Waals surface area contributed by atoms with Crippen LogP contribution < -0.4 is 10.9 Å². The zero-order chi connectivity index (χ0) is 22.1. The highest BCUT2D eigenvalue weighted by Crippen LogP contribution is 2.21. The molecular formula is C21H17ClFN3O4S. The fourth-order valence-electron chi connectivity index (χ4n) is 3.27. The molecule has 3 atom stereocenters. The van der Waals surface area contributed by atoms with E-state index in [4.69, 9.17) is 11.6 Å². The number of amides is 1. The second kappa shape index (κ2) is 8.70. The van der Waals surface area contributed by atoms with Crippen molar-refractivity contribution in [3.05, 3.63) is 81.4 Å². The minimum absolute atomic E-state index is 0.0604. The molecule has 10 heteroatoms. The van der Waals surface area contributed by atoms with Gasteiger partial charge in [-0.15, -0.1) is 0 Å². The van der Waals surface area contributed by atoms with Crippen molar-refractivity contribution in [2.75, 3.05) is 11.5 Å². The van der Waals surface area contributed by atoms with Crippen molar-refractivity contribution in [1.82, 2.24) is 15.1 Å². The molecule has 1 fully saturated rings. The lowest BCUT2D eigenvalue weighted by Crippen LogP contribution is -2.44. The van der Waals surface area contributed by atoms with Gasteiger partial charge in [-0.05, 0) is 36.4 Å². The van der Waals surface area contributed by atoms with Crippen LogP contribution in [0.1, 0.15) is 10.4 Å². The van der Waals surface area contributed by atoms with E-state index < -0.39 is 40.2 Å². The van der Waals surface area contributed by atoms with E-state index in [1.54, 1.807) is 24.3 Å². The third-order valence-electron chi connectivity index (χ3n) is 4.85. The summed E-state index contributed by atoms with van der Waals surface area (Å²) in [6, 6.07) is 12.5. The zero-order valence-electron chi connectivity index (χ0n) is 16.0. The van der Waals surface area contributed by atoms with Crippen LogP contribution in [0.2, 0.25) is 5.02 Å². The number of nitrogens with zero attached hydrogens (tertiary/aromatic N) is 2. The molecule has 2 N–H and O–H groups in total. The van der Waals surface area contributed by atoms with Crippen LogP contribution in [-0.4, -0.2) is 48.7 Å². The maximum Gasteiger partial charge on any atom is 0.284 e. The number of benzene rings is 2. The van der Waals surface area contributed by atoms with Crippen LogP contribution in [-0.2, 0) is 10.8 Å². The van der Waals surface area contributed by atoms with E-state index in [0.717, 1.165) is 10.7 Å². The van der Waals surface area contributed by atoms with Crippen molar-refractivity contribution in [1.29, 1.82) is 0 Å². The number of hydrogen-bond donors (Lipinski definition) is 2. The normalized spacial score (nSPS) is 20.5. The number of aliphatic hydroxyl groups excluding tert-OH is 1. The molecular weight excluding hydrogens is 445 g/mol. The number of carbonyl (C=O) groups excluding carboxylic acids is 1. The van der Waals surface area contributed by atoms with Gasteiger partial charge in [0.1, 0.15) is 11.4 Å². The van der Waals surface area contributed by atoms with Crippen molar-refractivity contribution in [3.8, 4) is 16.9 Å². The number of aliphatic hydroxyl groups is 1. The summed E-state index contributed by atoms with van der Waals surface area (Å²) in [4.78, 5) is 26.0. The minimum atomic E-state index is -1.25. The van der Waals surface area contributed by atoms with Gasteiger partial charge in [-0.1, -0.05) is 29.8 Å². The topological polar surface area (TPSA) is 101 Å². The summed E-state index contributed by atoms with van der Waals surface area (Å²) in [5.74, 6) is -1.15. The number of nitrogens with one attached hydrogen (secondary N) is 1. The van der Waals surface area contributed by atoms with Crippen LogP contribution in [0.15, 0.2) is 59.4 Å². The Hall–Kier alpha value is -2.88. The molecule has 1 aliphatic rings. The number of halogens is 2. The zero-order valence-corrected chi connectivity index (χ0v) is 17.6. The molecule has 7 nitrogen and oxygen atoms in total. The van der Waals surface area contributed by atoms with Gasteiger partial charge in [0.05, 0.1) is 29.3 Å². The molecule has 0 spiro atoms. The Morgan fingerprint density at radius 1 is 1.19 bits per heavy atom. The smallest absolute Gasteiger partial charge is 0.284 e. The summed E-state index contributed by atoms with van der Waals surface area (Å²) in [5, 5.41) is 17.4. The molecule has 2 heterocycles. The number of rotatable bonds is 4. The minimum Gasteiger partial charge on any atom is -0.390 e. The first-order chi connectivity index (χ1) is 14.8. The Morgan fingerprint density at radius 3 is 2.58 bits per heavy atom. The third-order valence-corrected chi connectivity index (χ3v) is 6.55. The van der Waals surface area contributed by atoms with Gasteiger partial charge < -0.3 is 10.4 Å². The van der Waals surface area contributed by atoms with E-state index in [0.29, 0.717) is 16.3 Å². The molecule has 160 valence electrons. The van der Waals surface area contributed by atoms with Crippen LogP contribution in [0.5, 0.6) is 0 Å². The van der Waals surface area contributed by atoms with Gasteiger partial charge in [-0.2, -0.15) is 9.78 Å². The Kier molecular flexibility index (Phi) is 5.99. The Bertz CT molecular complexity index is 1230. The highest BCUT2D eigenvalue weighted by molar-refractivity contribution is 7.85. The molecule has 2 aromatic carbocycles. The van der Waals surface area contributed by atoms with Crippen LogP contribution in [0.25, 0.3) is 16.9 Å². The number of hydrogen-bond acceptors (Lipinski definition) is 5. The standard InChI is InChI=1S/C21H17ClFN3O4S/c22-13-6-4-12(5-7-13)17-9-16(20(28)24-18-10-31(30)11-19(18)27)21(29)26(25-17)15-3-1-2-14(23)8-15/h1-9,18-19,27H,10-11H2,(H,24,28)/t18-,19+,31-/m0/s1. The monoisotopic (exact) mass is 461 g/mol. The lowest BCUT2D eigenvalue weighted by Gasteiger charge is -2.16. The first kappa shape index (κ1) is 21.4. The van der Waals surface area contributed by atoms with Gasteiger partial charge in [0.2, 0.25) is 0 Å². The quantitative estimate of drug-likeness (QED) is 0.618. The second-order valence-electron chi connectivity index (χ2n) is 7.07. The van der Waals surface area contributed by atoms with E-state index >= 15 is 0 Å². The molecule has 1 amide bonds. The molecule has 4 rings (SSSR count). The van der Waals surface area contributed by atoms with Crippen molar-refractivity contribution in [3.63, 3.8) is 0 Å². The van der Waals surface area contributed by atoms with Gasteiger partial charge in [-0.3, -0.25) is 13.8 Å². The van der Waals surface area contributed by atoms with Crippen molar-refractivity contribution >= 4 is 28.3 Å². The summed E-state index contributed by atoms with van der Waals surface area (Å²) >= 11 is 5.94. The van der Waals surface area contributed by atoms with E-state index in [9.17, 15) is 23.3 Å². The Balaban J connectivity index is 1.81. The van der Waals surface area contributed by atoms with Crippen LogP contribution >= 0.6 is 11.6 Å². The molecule has 1 aliphatic heterocycles. The largest absolute Gasteiger partial charge is 0.390 e. The van der Waals surface area contributed by atoms with E-state index in [1.807, 2.05) is 0 Å². The van der Waals surface area contributed by atoms with Gasteiger partial charge in [0.25, 0.3) is 11.5 Å². The van der Waals surface area contributed by atoms with Crippen LogP contribution in [0.4, 0.5) is 4.39 Å². The van der Waals surface area contributed by atoms with Crippen LogP contribution in [0.3, 0.4) is 0 Å². The molecule has 1 aromatic heterocycles. The Morgan fingerprint density at radius 2 is 1.94 bits per heavy atom. The molecule has 31 heavy (non-hydrogen) atoms. The Labute approximate surface area is 183 Å². The third kappa shape index (κ3) is 4.58. The SMILES string of the molecule is O=C(N[C@H]1C[S@](=O)C[C@H]1O)c1cc(-c2ccc(Cl)cc2)nn(-c2cccc(F)c2)c1=O. The first-order valence-electron chi connectivity index (χ1n) is 9.32. The predicted octanol–water partition coefficient (Wildman–Crippen LogP) is 1.91. The van der Waals surface area contributed by atoms with E-state index in [1.165, 1.54) is 24.3 Å². The van der Waals surface area contributed by atoms with Gasteiger partial charge >= 0.3 is 0 Å². The van der Waals surface area contributed by atoms with Gasteiger partial charge in [-0.25, -0.2) is 4.39 Å². The highest BCUT2D eigenvalue weighted by Gasteiger charge is 2.32. The average molecular weight is 462 g/mol. The van der Waals surface area contributed by atoms with Crippen molar-refractivity contribution in [2.24, 2.45) is 0 Å². The molecule has 0 bridgehead atoms. The lowest BCUT2D eigenvalue weighted by molar-refractivity contribution is 0.0886. The number of carbonyl (C=O) groups is 1. The number of aromatic nitrogens is 2. The fourth-order valence-corrected chi connectivity index (χ4v) is 4.85. The van der Waals surface area contributed by atoms with Crippen LogP contribution in [0, 0.1) is 5.82 Å². The molecule has 0 radical (unpaired) electrons. The molecule has 0 saturated carbocycles. The molecule has 0 aliphatic carbocycles. The summed E-state index contributed by atoms with van der Waals surface area (Å²) in [6.07, 6.45) is -0.965. The second-order valence-corrected chi connectivity index (χ2v) is 9.05. The highest BCUT2D eigenvalue weighted by atomic mass is 35.5. The summed E-state index contributed by atoms with van der Waals surface area (Å²) in [7, 11) is -1.25. The maximum atomic E-state index is 13.8. The average Bonchev–Trinajstić information content (AvgIpc) is 3.05.